The first-order valence-corrected chi connectivity index (χ1v) is 11.0. The average molecular weight is 442 g/mol. The van der Waals surface area contributed by atoms with Crippen LogP contribution in [0.4, 0.5) is 10.1 Å². The van der Waals surface area contributed by atoms with E-state index in [0.717, 1.165) is 5.56 Å². The maximum atomic E-state index is 14.1. The summed E-state index contributed by atoms with van der Waals surface area (Å²) >= 11 is 1.37. The number of thioether (sulfide) groups is 1. The van der Waals surface area contributed by atoms with E-state index in [0.29, 0.717) is 60.0 Å². The van der Waals surface area contributed by atoms with E-state index in [1.807, 2.05) is 42.2 Å². The summed E-state index contributed by atoms with van der Waals surface area (Å²) in [5, 5.41) is 0.697. The second-order valence-corrected chi connectivity index (χ2v) is 8.09. The van der Waals surface area contributed by atoms with Crippen LogP contribution in [-0.4, -0.2) is 55.9 Å². The Morgan fingerprint density at radius 3 is 2.55 bits per heavy atom. The van der Waals surface area contributed by atoms with Crippen LogP contribution in [0.15, 0.2) is 52.4 Å². The number of aliphatic imine (C=N–C) groups is 1. The summed E-state index contributed by atoms with van der Waals surface area (Å²) in [6.07, 6.45) is 1.82. The molecule has 6 nitrogen and oxygen atoms in total. The smallest absolute Gasteiger partial charge is 0.286 e. The molecule has 1 fully saturated rings. The molecule has 0 N–H and O–H groups in total. The minimum absolute atomic E-state index is 0.213. The molecule has 0 saturated carbocycles. The summed E-state index contributed by atoms with van der Waals surface area (Å²) in [5.41, 5.74) is 1.46. The van der Waals surface area contributed by atoms with Gasteiger partial charge in [-0.25, -0.2) is 4.39 Å². The highest BCUT2D eigenvalue weighted by Gasteiger charge is 2.29. The molecule has 2 aromatic carbocycles. The molecular weight excluding hydrogens is 417 g/mol. The number of nitrogens with zero attached hydrogens (tertiary/aromatic N) is 3. The van der Waals surface area contributed by atoms with Crippen LogP contribution in [0.1, 0.15) is 12.5 Å². The van der Waals surface area contributed by atoms with Crippen LogP contribution in [0.25, 0.3) is 6.08 Å². The summed E-state index contributed by atoms with van der Waals surface area (Å²) in [6, 6.07) is 12.4. The lowest BCUT2D eigenvalue weighted by molar-refractivity contribution is -0.113. The molecule has 2 aliphatic heterocycles. The number of benzene rings is 2. The number of hydrogen-bond acceptors (Lipinski definition) is 6. The Balaban J connectivity index is 1.42. The third-order valence-electron chi connectivity index (χ3n) is 5.14. The summed E-state index contributed by atoms with van der Waals surface area (Å²) in [4.78, 5) is 21.4. The van der Waals surface area contributed by atoms with Gasteiger partial charge in [-0.1, -0.05) is 18.2 Å². The van der Waals surface area contributed by atoms with Gasteiger partial charge in [0.25, 0.3) is 5.91 Å². The number of carbonyl (C=O) groups is 1. The quantitative estimate of drug-likeness (QED) is 0.653. The van der Waals surface area contributed by atoms with E-state index in [2.05, 4.69) is 9.89 Å². The Morgan fingerprint density at radius 1 is 1.10 bits per heavy atom. The molecule has 8 heteroatoms. The van der Waals surface area contributed by atoms with E-state index >= 15 is 0 Å². The first-order chi connectivity index (χ1) is 15.1. The van der Waals surface area contributed by atoms with Crippen molar-refractivity contribution in [3.05, 3.63) is 58.8 Å². The van der Waals surface area contributed by atoms with Crippen LogP contribution in [0, 0.1) is 5.82 Å². The topological polar surface area (TPSA) is 54.4 Å². The van der Waals surface area contributed by atoms with Crippen LogP contribution < -0.4 is 14.4 Å². The molecule has 0 aliphatic carbocycles. The average Bonchev–Trinajstić information content (AvgIpc) is 3.15. The Labute approximate surface area is 185 Å². The predicted molar refractivity (Wildman–Crippen MR) is 122 cm³/mol. The molecule has 0 aromatic heterocycles. The van der Waals surface area contributed by atoms with Crippen LogP contribution in [-0.2, 0) is 4.79 Å². The lowest BCUT2D eigenvalue weighted by Gasteiger charge is -2.36. The van der Waals surface area contributed by atoms with E-state index < -0.39 is 0 Å². The van der Waals surface area contributed by atoms with Gasteiger partial charge in [0.1, 0.15) is 5.82 Å². The van der Waals surface area contributed by atoms with Crippen LogP contribution in [0.2, 0.25) is 0 Å². The molecule has 162 valence electrons. The molecular formula is C23H24FN3O3S. The van der Waals surface area contributed by atoms with E-state index in [9.17, 15) is 9.18 Å². The molecule has 0 unspecified atom stereocenters. The molecule has 0 bridgehead atoms. The molecule has 31 heavy (non-hydrogen) atoms. The van der Waals surface area contributed by atoms with Gasteiger partial charge in [0, 0.05) is 26.2 Å². The minimum atomic E-state index is -0.246. The van der Waals surface area contributed by atoms with Crippen molar-refractivity contribution in [2.45, 2.75) is 6.92 Å². The van der Waals surface area contributed by atoms with Crippen LogP contribution in [0.5, 0.6) is 11.5 Å². The zero-order chi connectivity index (χ0) is 21.8. The Kier molecular flexibility index (Phi) is 6.46. The molecule has 0 radical (unpaired) electrons. The maximum absolute atomic E-state index is 14.1. The summed E-state index contributed by atoms with van der Waals surface area (Å²) in [6.45, 7) is 5.16. The standard InChI is InChI=1S/C23H24FN3O3S/c1-3-30-19-9-8-16(14-20(19)29-2)15-21-22(28)25-23(31-21)27-12-10-26(11-13-27)18-7-5-4-6-17(18)24/h4-9,14-15H,3,10-13H2,1-2H3/b21-15+. The van der Waals surface area contributed by atoms with Gasteiger partial charge in [0.2, 0.25) is 0 Å². The highest BCUT2D eigenvalue weighted by molar-refractivity contribution is 8.18. The fourth-order valence-electron chi connectivity index (χ4n) is 3.58. The third-order valence-corrected chi connectivity index (χ3v) is 6.18. The number of halogens is 1. The first kappa shape index (κ1) is 21.2. The van der Waals surface area contributed by atoms with Crippen molar-refractivity contribution >= 4 is 34.6 Å². The zero-order valence-corrected chi connectivity index (χ0v) is 18.3. The predicted octanol–water partition coefficient (Wildman–Crippen LogP) is 4.03. The number of methoxy groups -OCH3 is 1. The van der Waals surface area contributed by atoms with Crippen LogP contribution >= 0.6 is 11.8 Å². The molecule has 0 atom stereocenters. The van der Waals surface area contributed by atoms with E-state index in [-0.39, 0.29) is 11.7 Å². The fourth-order valence-corrected chi connectivity index (χ4v) is 4.55. The number of amides is 1. The van der Waals surface area contributed by atoms with Crippen molar-refractivity contribution in [3.8, 4) is 11.5 Å². The normalized spacial score (nSPS) is 17.8. The molecule has 0 spiro atoms. The van der Waals surface area contributed by atoms with E-state index in [1.54, 1.807) is 19.2 Å². The third kappa shape index (κ3) is 4.69. The van der Waals surface area contributed by atoms with E-state index in [4.69, 9.17) is 9.47 Å². The fraction of sp³-hybridized carbons (Fsp3) is 0.304. The molecule has 4 rings (SSSR count). The molecule has 1 saturated heterocycles. The lowest BCUT2D eigenvalue weighted by Crippen LogP contribution is -2.48. The van der Waals surface area contributed by atoms with E-state index in [1.165, 1.54) is 17.8 Å². The highest BCUT2D eigenvalue weighted by Crippen LogP contribution is 2.34. The largest absolute Gasteiger partial charge is 0.493 e. The molecule has 2 aromatic rings. The van der Waals surface area contributed by atoms with Crippen molar-refractivity contribution in [2.75, 3.05) is 44.8 Å². The second-order valence-electron chi connectivity index (χ2n) is 7.08. The number of anilines is 1. The number of carbonyl (C=O) groups excluding carboxylic acids is 1. The van der Waals surface area contributed by atoms with Gasteiger partial charge in [0.15, 0.2) is 16.7 Å². The highest BCUT2D eigenvalue weighted by atomic mass is 32.2. The second kappa shape index (κ2) is 9.43. The van der Waals surface area contributed by atoms with Crippen molar-refractivity contribution in [3.63, 3.8) is 0 Å². The maximum Gasteiger partial charge on any atom is 0.286 e. The number of para-hydroxylation sites is 1. The monoisotopic (exact) mass is 441 g/mol. The van der Waals surface area contributed by atoms with Crippen LogP contribution in [0.3, 0.4) is 0 Å². The Morgan fingerprint density at radius 2 is 1.84 bits per heavy atom. The molecule has 2 heterocycles. The van der Waals surface area contributed by atoms with Gasteiger partial charge in [-0.15, -0.1) is 0 Å². The Bertz CT molecular complexity index is 1030. The summed E-state index contributed by atoms with van der Waals surface area (Å²) in [5.74, 6) is 0.832. The van der Waals surface area contributed by atoms with Crippen molar-refractivity contribution in [1.29, 1.82) is 0 Å². The van der Waals surface area contributed by atoms with Gasteiger partial charge in [-0.05, 0) is 54.6 Å². The molecule has 1 amide bonds. The first-order valence-electron chi connectivity index (χ1n) is 10.2. The minimum Gasteiger partial charge on any atom is -0.493 e. The van der Waals surface area contributed by atoms with Gasteiger partial charge < -0.3 is 19.3 Å². The number of hydrogen-bond donors (Lipinski definition) is 0. The van der Waals surface area contributed by atoms with Crippen molar-refractivity contribution in [2.24, 2.45) is 4.99 Å². The number of amidine groups is 1. The van der Waals surface area contributed by atoms with Gasteiger partial charge >= 0.3 is 0 Å². The number of piperazine rings is 1. The van der Waals surface area contributed by atoms with Gasteiger partial charge in [-0.3, -0.25) is 4.79 Å². The zero-order valence-electron chi connectivity index (χ0n) is 17.5. The van der Waals surface area contributed by atoms with Crippen molar-refractivity contribution in [1.82, 2.24) is 4.90 Å². The number of ether oxygens (including phenoxy) is 2. The Hall–Kier alpha value is -3.00. The van der Waals surface area contributed by atoms with Gasteiger partial charge in [-0.2, -0.15) is 4.99 Å². The van der Waals surface area contributed by atoms with Crippen molar-refractivity contribution < 1.29 is 18.7 Å². The summed E-state index contributed by atoms with van der Waals surface area (Å²) < 4.78 is 25.0. The molecule has 2 aliphatic rings. The van der Waals surface area contributed by atoms with Gasteiger partial charge in [0.05, 0.1) is 24.3 Å². The lowest BCUT2D eigenvalue weighted by atomic mass is 10.2. The SMILES string of the molecule is CCOc1ccc(/C=C2/SC(N3CCN(c4ccccc4F)CC3)=NC2=O)cc1OC. The summed E-state index contributed by atoms with van der Waals surface area (Å²) in [7, 11) is 1.59. The number of rotatable bonds is 5.